The van der Waals surface area contributed by atoms with Crippen molar-refractivity contribution in [3.63, 3.8) is 0 Å². The quantitative estimate of drug-likeness (QED) is 0.664. The van der Waals surface area contributed by atoms with Crippen LogP contribution in [0.3, 0.4) is 0 Å². The molecular weight excluding hydrogens is 342 g/mol. The zero-order valence-corrected chi connectivity index (χ0v) is 14.6. The predicted molar refractivity (Wildman–Crippen MR) is 102 cm³/mol. The second-order valence-corrected chi connectivity index (χ2v) is 6.49. The van der Waals surface area contributed by atoms with Gasteiger partial charge in [0.15, 0.2) is 0 Å². The van der Waals surface area contributed by atoms with E-state index in [4.69, 9.17) is 5.26 Å². The minimum Gasteiger partial charge on any atom is -0.356 e. The molecule has 0 aliphatic carbocycles. The second kappa shape index (κ2) is 7.33. The molecule has 3 aromatic rings. The standard InChI is InChI=1S/C19H19N7O/c20-11-13-1-3-14(4-2-13)24-19(27)25-15-6-9-26(10-7-15)18-16-5-8-21-17(16)22-12-23-18/h1-5,8,12,15H,6-7,9-10H2,(H,21,22,23)(H2,24,25,27). The van der Waals surface area contributed by atoms with E-state index >= 15 is 0 Å². The van der Waals surface area contributed by atoms with Crippen LogP contribution < -0.4 is 15.5 Å². The summed E-state index contributed by atoms with van der Waals surface area (Å²) in [5.41, 5.74) is 2.07. The van der Waals surface area contributed by atoms with Gasteiger partial charge in [-0.2, -0.15) is 5.26 Å². The normalized spacial score (nSPS) is 14.7. The Labute approximate surface area is 156 Å². The Morgan fingerprint density at radius 1 is 1.19 bits per heavy atom. The van der Waals surface area contributed by atoms with Gasteiger partial charge < -0.3 is 20.5 Å². The first kappa shape index (κ1) is 16.8. The summed E-state index contributed by atoms with van der Waals surface area (Å²) in [5, 5.41) is 15.7. The van der Waals surface area contributed by atoms with Gasteiger partial charge in [-0.1, -0.05) is 0 Å². The van der Waals surface area contributed by atoms with Gasteiger partial charge in [0, 0.05) is 31.0 Å². The Balaban J connectivity index is 1.32. The van der Waals surface area contributed by atoms with Gasteiger partial charge in [-0.05, 0) is 43.2 Å². The van der Waals surface area contributed by atoms with Crippen molar-refractivity contribution in [2.45, 2.75) is 18.9 Å². The number of H-pyrrole nitrogens is 1. The number of carbonyl (C=O) groups excluding carboxylic acids is 1. The van der Waals surface area contributed by atoms with E-state index in [0.29, 0.717) is 11.3 Å². The molecule has 1 aromatic carbocycles. The number of anilines is 2. The lowest BCUT2D eigenvalue weighted by Crippen LogP contribution is -2.46. The van der Waals surface area contributed by atoms with Gasteiger partial charge in [-0.25, -0.2) is 14.8 Å². The highest BCUT2D eigenvalue weighted by Crippen LogP contribution is 2.25. The summed E-state index contributed by atoms with van der Waals surface area (Å²) in [6.45, 7) is 1.64. The molecule has 2 amide bonds. The molecule has 3 heterocycles. The zero-order chi connectivity index (χ0) is 18.6. The molecule has 0 atom stereocenters. The lowest BCUT2D eigenvalue weighted by atomic mass is 10.0. The molecule has 1 fully saturated rings. The van der Waals surface area contributed by atoms with Crippen LogP contribution in [-0.2, 0) is 0 Å². The lowest BCUT2D eigenvalue weighted by Gasteiger charge is -2.33. The highest BCUT2D eigenvalue weighted by Gasteiger charge is 2.23. The molecule has 1 saturated heterocycles. The Morgan fingerprint density at radius 3 is 2.70 bits per heavy atom. The summed E-state index contributed by atoms with van der Waals surface area (Å²) in [7, 11) is 0. The number of nitrogens with one attached hydrogen (secondary N) is 3. The van der Waals surface area contributed by atoms with Crippen molar-refractivity contribution >= 4 is 28.6 Å². The van der Waals surface area contributed by atoms with Crippen LogP contribution in [0.1, 0.15) is 18.4 Å². The molecule has 136 valence electrons. The summed E-state index contributed by atoms with van der Waals surface area (Å²) in [5.74, 6) is 0.932. The van der Waals surface area contributed by atoms with Crippen LogP contribution >= 0.6 is 0 Å². The van der Waals surface area contributed by atoms with Crippen LogP contribution in [0.25, 0.3) is 11.0 Å². The SMILES string of the molecule is N#Cc1ccc(NC(=O)NC2CCN(c3ncnc4[nH]ccc34)CC2)cc1. The number of aromatic nitrogens is 3. The van der Waals surface area contributed by atoms with Crippen LogP contribution in [-0.4, -0.2) is 40.1 Å². The van der Waals surface area contributed by atoms with Gasteiger partial charge in [0.05, 0.1) is 17.0 Å². The van der Waals surface area contributed by atoms with E-state index in [0.717, 1.165) is 42.8 Å². The number of hydrogen-bond acceptors (Lipinski definition) is 5. The molecular formula is C19H19N7O. The van der Waals surface area contributed by atoms with Gasteiger partial charge in [-0.15, -0.1) is 0 Å². The number of amides is 2. The minimum absolute atomic E-state index is 0.114. The summed E-state index contributed by atoms with van der Waals surface area (Å²) < 4.78 is 0. The number of fused-ring (bicyclic) bond motifs is 1. The van der Waals surface area contributed by atoms with Gasteiger partial charge in [0.25, 0.3) is 0 Å². The predicted octanol–water partition coefficient (Wildman–Crippen LogP) is 2.62. The molecule has 0 bridgehead atoms. The van der Waals surface area contributed by atoms with Crippen molar-refractivity contribution in [1.82, 2.24) is 20.3 Å². The first-order chi connectivity index (χ1) is 13.2. The first-order valence-electron chi connectivity index (χ1n) is 8.83. The van der Waals surface area contributed by atoms with Crippen molar-refractivity contribution in [3.05, 3.63) is 48.4 Å². The number of hydrogen-bond donors (Lipinski definition) is 3. The summed E-state index contributed by atoms with van der Waals surface area (Å²) in [6.07, 6.45) is 5.13. The van der Waals surface area contributed by atoms with E-state index in [-0.39, 0.29) is 12.1 Å². The number of piperidine rings is 1. The summed E-state index contributed by atoms with van der Waals surface area (Å²) in [4.78, 5) is 26.2. The molecule has 3 N–H and O–H groups in total. The highest BCUT2D eigenvalue weighted by molar-refractivity contribution is 5.89. The number of urea groups is 1. The molecule has 0 unspecified atom stereocenters. The van der Waals surface area contributed by atoms with Crippen LogP contribution in [0.15, 0.2) is 42.9 Å². The maximum atomic E-state index is 12.2. The number of nitrogens with zero attached hydrogens (tertiary/aromatic N) is 4. The van der Waals surface area contributed by atoms with Crippen LogP contribution in [0, 0.1) is 11.3 Å². The topological polar surface area (TPSA) is 110 Å². The fourth-order valence-corrected chi connectivity index (χ4v) is 3.33. The zero-order valence-electron chi connectivity index (χ0n) is 14.6. The van der Waals surface area contributed by atoms with Gasteiger partial charge in [0.2, 0.25) is 0 Å². The fourth-order valence-electron chi connectivity index (χ4n) is 3.33. The van der Waals surface area contributed by atoms with Crippen molar-refractivity contribution in [1.29, 1.82) is 5.26 Å². The van der Waals surface area contributed by atoms with E-state index in [1.165, 1.54) is 0 Å². The monoisotopic (exact) mass is 361 g/mol. The molecule has 4 rings (SSSR count). The summed E-state index contributed by atoms with van der Waals surface area (Å²) >= 11 is 0. The van der Waals surface area contributed by atoms with Crippen LogP contribution in [0.4, 0.5) is 16.3 Å². The van der Waals surface area contributed by atoms with Crippen molar-refractivity contribution in [2.75, 3.05) is 23.3 Å². The van der Waals surface area contributed by atoms with E-state index in [1.54, 1.807) is 30.6 Å². The first-order valence-corrected chi connectivity index (χ1v) is 8.83. The largest absolute Gasteiger partial charge is 0.356 e. The van der Waals surface area contributed by atoms with Gasteiger partial charge in [-0.3, -0.25) is 0 Å². The average Bonchev–Trinajstić information content (AvgIpc) is 3.18. The maximum absolute atomic E-state index is 12.2. The third kappa shape index (κ3) is 3.67. The maximum Gasteiger partial charge on any atom is 0.319 e. The van der Waals surface area contributed by atoms with E-state index < -0.39 is 0 Å². The second-order valence-electron chi connectivity index (χ2n) is 6.49. The van der Waals surface area contributed by atoms with E-state index in [1.807, 2.05) is 12.3 Å². The number of benzene rings is 1. The Kier molecular flexibility index (Phi) is 4.58. The Hall–Kier alpha value is -3.60. The van der Waals surface area contributed by atoms with Crippen LogP contribution in [0.5, 0.6) is 0 Å². The van der Waals surface area contributed by atoms with Crippen molar-refractivity contribution in [3.8, 4) is 6.07 Å². The molecule has 1 aliphatic heterocycles. The van der Waals surface area contributed by atoms with Crippen LogP contribution in [0.2, 0.25) is 0 Å². The highest BCUT2D eigenvalue weighted by atomic mass is 16.2. The fraction of sp³-hybridized carbons (Fsp3) is 0.263. The van der Waals surface area contributed by atoms with Gasteiger partial charge >= 0.3 is 6.03 Å². The molecule has 8 heteroatoms. The number of aromatic amines is 1. The molecule has 2 aromatic heterocycles. The van der Waals surface area contributed by atoms with Crippen molar-refractivity contribution in [2.24, 2.45) is 0 Å². The number of carbonyl (C=O) groups is 1. The molecule has 0 spiro atoms. The van der Waals surface area contributed by atoms with E-state index in [9.17, 15) is 4.79 Å². The Morgan fingerprint density at radius 2 is 1.96 bits per heavy atom. The molecule has 8 nitrogen and oxygen atoms in total. The molecule has 0 saturated carbocycles. The third-order valence-corrected chi connectivity index (χ3v) is 4.73. The smallest absolute Gasteiger partial charge is 0.319 e. The number of rotatable bonds is 3. The Bertz CT molecular complexity index is 981. The lowest BCUT2D eigenvalue weighted by molar-refractivity contribution is 0.246. The third-order valence-electron chi connectivity index (χ3n) is 4.73. The number of nitriles is 1. The van der Waals surface area contributed by atoms with Gasteiger partial charge in [0.1, 0.15) is 17.8 Å². The van der Waals surface area contributed by atoms with E-state index in [2.05, 4.69) is 36.6 Å². The minimum atomic E-state index is -0.229. The molecule has 0 radical (unpaired) electrons. The van der Waals surface area contributed by atoms with Crippen molar-refractivity contribution < 1.29 is 4.79 Å². The molecule has 1 aliphatic rings. The molecule has 27 heavy (non-hydrogen) atoms. The summed E-state index contributed by atoms with van der Waals surface area (Å²) in [6, 6.07) is 10.7. The average molecular weight is 361 g/mol.